The molecule has 1 heterocycles. The third kappa shape index (κ3) is 4.75. The van der Waals surface area contributed by atoms with Crippen LogP contribution in [0.25, 0.3) is 0 Å². The number of methoxy groups -OCH3 is 1. The second-order valence-corrected chi connectivity index (χ2v) is 6.23. The van der Waals surface area contributed by atoms with Gasteiger partial charge in [0.25, 0.3) is 5.91 Å². The number of hydrogen-bond acceptors (Lipinski definition) is 3. The van der Waals surface area contributed by atoms with E-state index in [9.17, 15) is 9.59 Å². The molecular weight excluding hydrogens is 339 g/mol. The van der Waals surface area contributed by atoms with Gasteiger partial charge in [-0.15, -0.1) is 11.6 Å². The maximum absolute atomic E-state index is 12.6. The van der Waals surface area contributed by atoms with Gasteiger partial charge in [-0.05, 0) is 31.0 Å². The van der Waals surface area contributed by atoms with Crippen LogP contribution in [0.3, 0.4) is 0 Å². The molecule has 1 aliphatic rings. The van der Waals surface area contributed by atoms with Crippen molar-refractivity contribution in [2.24, 2.45) is 0 Å². The number of halogens is 2. The number of piperidine rings is 1. The molecular formula is C16H20Cl2N2O3. The zero-order valence-corrected chi connectivity index (χ0v) is 14.5. The minimum atomic E-state index is -0.102. The maximum Gasteiger partial charge on any atom is 0.257 e. The lowest BCUT2D eigenvalue weighted by Crippen LogP contribution is -2.46. The number of carbonyl (C=O) groups excluding carboxylic acids is 2. The molecule has 0 aromatic heterocycles. The largest absolute Gasteiger partial charge is 0.496 e. The van der Waals surface area contributed by atoms with E-state index in [2.05, 4.69) is 5.32 Å². The SMILES string of the molecule is COc1ccc(Cl)cc1C(=O)N1CCC(NC(=O)CCCl)CC1. The van der Waals surface area contributed by atoms with Crippen molar-refractivity contribution in [2.75, 3.05) is 26.1 Å². The molecule has 0 radical (unpaired) electrons. The molecule has 1 aromatic rings. The minimum Gasteiger partial charge on any atom is -0.496 e. The average molecular weight is 359 g/mol. The number of nitrogens with one attached hydrogen (secondary N) is 1. The molecule has 2 amide bonds. The van der Waals surface area contributed by atoms with Crippen molar-refractivity contribution in [3.05, 3.63) is 28.8 Å². The Labute approximate surface area is 145 Å². The Balaban J connectivity index is 1.96. The number of rotatable bonds is 5. The molecule has 0 saturated carbocycles. The Morgan fingerprint density at radius 3 is 2.65 bits per heavy atom. The molecule has 1 aliphatic heterocycles. The molecule has 23 heavy (non-hydrogen) atoms. The van der Waals surface area contributed by atoms with Gasteiger partial charge in [0.05, 0.1) is 12.7 Å². The Hall–Kier alpha value is -1.46. The third-order valence-corrected chi connectivity index (χ3v) is 4.28. The fourth-order valence-electron chi connectivity index (χ4n) is 2.63. The van der Waals surface area contributed by atoms with E-state index in [0.29, 0.717) is 41.7 Å². The van der Waals surface area contributed by atoms with Crippen LogP contribution in [0, 0.1) is 0 Å². The van der Waals surface area contributed by atoms with Gasteiger partial charge in [-0.25, -0.2) is 0 Å². The molecule has 0 spiro atoms. The lowest BCUT2D eigenvalue weighted by Gasteiger charge is -2.32. The van der Waals surface area contributed by atoms with Gasteiger partial charge in [0.15, 0.2) is 0 Å². The highest BCUT2D eigenvalue weighted by molar-refractivity contribution is 6.31. The molecule has 126 valence electrons. The molecule has 0 atom stereocenters. The summed E-state index contributed by atoms with van der Waals surface area (Å²) in [6.07, 6.45) is 1.77. The number of carbonyl (C=O) groups is 2. The first-order valence-electron chi connectivity index (χ1n) is 7.53. The van der Waals surface area contributed by atoms with Gasteiger partial charge in [-0.1, -0.05) is 11.6 Å². The van der Waals surface area contributed by atoms with Gasteiger partial charge >= 0.3 is 0 Å². The lowest BCUT2D eigenvalue weighted by atomic mass is 10.0. The predicted molar refractivity (Wildman–Crippen MR) is 90.4 cm³/mol. The summed E-state index contributed by atoms with van der Waals surface area (Å²) in [6, 6.07) is 5.10. The summed E-state index contributed by atoms with van der Waals surface area (Å²) in [5.41, 5.74) is 0.463. The number of ether oxygens (including phenoxy) is 1. The van der Waals surface area contributed by atoms with Gasteiger partial charge in [0.2, 0.25) is 5.91 Å². The van der Waals surface area contributed by atoms with Crippen LogP contribution in [0.1, 0.15) is 29.6 Å². The average Bonchev–Trinajstić information content (AvgIpc) is 2.55. The smallest absolute Gasteiger partial charge is 0.257 e. The molecule has 7 heteroatoms. The Morgan fingerprint density at radius 2 is 2.04 bits per heavy atom. The number of alkyl halides is 1. The Kier molecular flexibility index (Phi) is 6.54. The third-order valence-electron chi connectivity index (χ3n) is 3.86. The zero-order valence-electron chi connectivity index (χ0n) is 13.0. The molecule has 1 aromatic carbocycles. The van der Waals surface area contributed by atoms with Crippen LogP contribution in [0.2, 0.25) is 5.02 Å². The van der Waals surface area contributed by atoms with Crippen LogP contribution in [-0.4, -0.2) is 48.8 Å². The minimum absolute atomic E-state index is 0.0405. The first kappa shape index (κ1) is 17.9. The van der Waals surface area contributed by atoms with Crippen LogP contribution in [0.4, 0.5) is 0 Å². The molecule has 0 bridgehead atoms. The predicted octanol–water partition coefficient (Wildman–Crippen LogP) is 2.70. The van der Waals surface area contributed by atoms with E-state index in [-0.39, 0.29) is 17.9 Å². The number of likely N-dealkylation sites (tertiary alicyclic amines) is 1. The van der Waals surface area contributed by atoms with Gasteiger partial charge in [-0.2, -0.15) is 0 Å². The van der Waals surface area contributed by atoms with E-state index in [0.717, 1.165) is 12.8 Å². The van der Waals surface area contributed by atoms with E-state index >= 15 is 0 Å². The summed E-state index contributed by atoms with van der Waals surface area (Å²) in [6.45, 7) is 1.17. The van der Waals surface area contributed by atoms with E-state index < -0.39 is 0 Å². The monoisotopic (exact) mass is 358 g/mol. The molecule has 0 aliphatic carbocycles. The quantitative estimate of drug-likeness (QED) is 0.823. The summed E-state index contributed by atoms with van der Waals surface area (Å²) in [5, 5.41) is 3.44. The summed E-state index contributed by atoms with van der Waals surface area (Å²) < 4.78 is 5.24. The van der Waals surface area contributed by atoms with Crippen LogP contribution in [-0.2, 0) is 4.79 Å². The summed E-state index contributed by atoms with van der Waals surface area (Å²) in [4.78, 5) is 26.0. The van der Waals surface area contributed by atoms with Crippen LogP contribution < -0.4 is 10.1 Å². The van der Waals surface area contributed by atoms with Crippen molar-refractivity contribution in [1.82, 2.24) is 10.2 Å². The van der Waals surface area contributed by atoms with Crippen molar-refractivity contribution >= 4 is 35.0 Å². The van der Waals surface area contributed by atoms with Crippen molar-refractivity contribution in [3.8, 4) is 5.75 Å². The Bertz CT molecular complexity index is 572. The molecule has 5 nitrogen and oxygen atoms in total. The zero-order chi connectivity index (χ0) is 16.8. The molecule has 2 rings (SSSR count). The number of hydrogen-bond donors (Lipinski definition) is 1. The highest BCUT2D eigenvalue weighted by Gasteiger charge is 2.26. The van der Waals surface area contributed by atoms with Gasteiger partial charge in [-0.3, -0.25) is 9.59 Å². The second-order valence-electron chi connectivity index (χ2n) is 5.42. The number of benzene rings is 1. The van der Waals surface area contributed by atoms with E-state index in [1.54, 1.807) is 23.1 Å². The summed E-state index contributed by atoms with van der Waals surface area (Å²) in [5.74, 6) is 0.686. The van der Waals surface area contributed by atoms with Gasteiger partial charge in [0.1, 0.15) is 5.75 Å². The molecule has 1 saturated heterocycles. The van der Waals surface area contributed by atoms with E-state index in [1.165, 1.54) is 7.11 Å². The highest BCUT2D eigenvalue weighted by Crippen LogP contribution is 2.25. The van der Waals surface area contributed by atoms with Gasteiger partial charge < -0.3 is 15.0 Å². The Morgan fingerprint density at radius 1 is 1.35 bits per heavy atom. The van der Waals surface area contributed by atoms with Crippen LogP contribution in [0.15, 0.2) is 18.2 Å². The van der Waals surface area contributed by atoms with E-state index in [1.807, 2.05) is 0 Å². The first-order chi connectivity index (χ1) is 11.0. The molecule has 1 fully saturated rings. The normalized spacial score (nSPS) is 15.3. The summed E-state index contributed by atoms with van der Waals surface area (Å²) >= 11 is 11.5. The maximum atomic E-state index is 12.6. The topological polar surface area (TPSA) is 58.6 Å². The fourth-order valence-corrected chi connectivity index (χ4v) is 2.97. The van der Waals surface area contributed by atoms with Crippen molar-refractivity contribution in [2.45, 2.75) is 25.3 Å². The second kappa shape index (κ2) is 8.41. The lowest BCUT2D eigenvalue weighted by molar-refractivity contribution is -0.121. The van der Waals surface area contributed by atoms with Gasteiger partial charge in [0, 0.05) is 36.5 Å². The van der Waals surface area contributed by atoms with Crippen molar-refractivity contribution < 1.29 is 14.3 Å². The van der Waals surface area contributed by atoms with Crippen LogP contribution >= 0.6 is 23.2 Å². The highest BCUT2D eigenvalue weighted by atomic mass is 35.5. The van der Waals surface area contributed by atoms with E-state index in [4.69, 9.17) is 27.9 Å². The number of amides is 2. The fraction of sp³-hybridized carbons (Fsp3) is 0.500. The molecule has 0 unspecified atom stereocenters. The summed E-state index contributed by atoms with van der Waals surface area (Å²) in [7, 11) is 1.53. The standard InChI is InChI=1S/C16H20Cl2N2O3/c1-23-14-3-2-11(18)10-13(14)16(22)20-8-5-12(6-9-20)19-15(21)4-7-17/h2-3,10,12H,4-9H2,1H3,(H,19,21). The number of nitrogens with zero attached hydrogens (tertiary/aromatic N) is 1. The first-order valence-corrected chi connectivity index (χ1v) is 8.44. The van der Waals surface area contributed by atoms with Crippen molar-refractivity contribution in [1.29, 1.82) is 0 Å². The van der Waals surface area contributed by atoms with Crippen LogP contribution in [0.5, 0.6) is 5.75 Å². The molecule has 1 N–H and O–H groups in total. The van der Waals surface area contributed by atoms with Crippen molar-refractivity contribution in [3.63, 3.8) is 0 Å².